The second kappa shape index (κ2) is 11.6. The molecule has 14 heteroatoms. The molecule has 3 aromatic rings. The van der Waals surface area contributed by atoms with Gasteiger partial charge in [0.25, 0.3) is 11.8 Å². The molecule has 1 aliphatic carbocycles. The fourth-order valence-corrected chi connectivity index (χ4v) is 5.52. The summed E-state index contributed by atoms with van der Waals surface area (Å²) in [5.74, 6) is -6.19. The van der Waals surface area contributed by atoms with Gasteiger partial charge in [-0.3, -0.25) is 29.2 Å². The number of hydrogen-bond acceptors (Lipinski definition) is 6. The molecule has 1 aliphatic heterocycles. The molecule has 0 spiro atoms. The van der Waals surface area contributed by atoms with Crippen molar-refractivity contribution < 1.29 is 27.6 Å². The molecule has 1 aromatic carbocycles. The third-order valence-corrected chi connectivity index (χ3v) is 8.07. The Morgan fingerprint density at radius 3 is 2.64 bits per heavy atom. The predicted octanol–water partition coefficient (Wildman–Crippen LogP) is 4.54. The van der Waals surface area contributed by atoms with Crippen molar-refractivity contribution in [3.05, 3.63) is 83.0 Å². The SMILES string of the molecule is N#Cc1ccnc(N2C(=O)CCC2C(=O)N(c2cncc(F)c2)[C@H](C(=O)NC2CC(F)(F)C2Cl)c2ccccc2Cl)c1. The monoisotopic (exact) mass is 616 g/mol. The number of aromatic nitrogens is 2. The molecule has 3 amide bonds. The molecule has 2 aromatic heterocycles. The Hall–Kier alpha value is -4.21. The average molecular weight is 617 g/mol. The number of alkyl halides is 3. The molecule has 2 fully saturated rings. The van der Waals surface area contributed by atoms with E-state index in [4.69, 9.17) is 23.2 Å². The summed E-state index contributed by atoms with van der Waals surface area (Å²) >= 11 is 12.3. The summed E-state index contributed by atoms with van der Waals surface area (Å²) in [5, 5.41) is 10.2. The van der Waals surface area contributed by atoms with E-state index in [2.05, 4.69) is 15.3 Å². The zero-order chi connectivity index (χ0) is 30.2. The molecule has 9 nitrogen and oxygen atoms in total. The fraction of sp³-hybridized carbons (Fsp3) is 0.286. The third-order valence-electron chi connectivity index (χ3n) is 7.11. The minimum absolute atomic E-state index is 0.00480. The van der Waals surface area contributed by atoms with Crippen molar-refractivity contribution in [3.8, 4) is 6.07 Å². The third kappa shape index (κ3) is 5.49. The van der Waals surface area contributed by atoms with Crippen LogP contribution < -0.4 is 15.1 Å². The number of anilines is 2. The number of hydrogen-bond donors (Lipinski definition) is 1. The van der Waals surface area contributed by atoms with Gasteiger partial charge in [0.1, 0.15) is 29.1 Å². The standard InChI is InChI=1S/C28H21Cl2F3N6O3/c29-19-4-2-1-3-18(19)24(26(41)37-20-11-28(32,33)25(20)30)38(17-10-16(31)13-35-14-17)27(42)21-5-6-23(40)39(21)22-9-15(12-34)7-8-36-22/h1-4,7-10,13-14,20-21,24-25H,5-6,11H2,(H,37,41)/t20?,21?,24-,25?/m0/s1. The Morgan fingerprint density at radius 2 is 1.98 bits per heavy atom. The summed E-state index contributed by atoms with van der Waals surface area (Å²) in [6, 6.07) is 7.80. The number of pyridine rings is 2. The van der Waals surface area contributed by atoms with E-state index in [1.54, 1.807) is 12.1 Å². The van der Waals surface area contributed by atoms with Crippen LogP contribution in [0.15, 0.2) is 61.1 Å². The van der Waals surface area contributed by atoms with Crippen LogP contribution in [-0.2, 0) is 14.4 Å². The highest BCUT2D eigenvalue weighted by atomic mass is 35.5. The lowest BCUT2D eigenvalue weighted by atomic mass is 9.87. The summed E-state index contributed by atoms with van der Waals surface area (Å²) < 4.78 is 42.1. The van der Waals surface area contributed by atoms with Crippen LogP contribution in [0.5, 0.6) is 0 Å². The van der Waals surface area contributed by atoms with Gasteiger partial charge in [0, 0.05) is 35.7 Å². The van der Waals surface area contributed by atoms with Gasteiger partial charge in [-0.15, -0.1) is 11.6 Å². The van der Waals surface area contributed by atoms with Crippen molar-refractivity contribution in [2.24, 2.45) is 0 Å². The summed E-state index contributed by atoms with van der Waals surface area (Å²) in [4.78, 5) is 51.3. The van der Waals surface area contributed by atoms with Crippen molar-refractivity contribution >= 4 is 52.4 Å². The molecule has 0 bridgehead atoms. The Bertz CT molecular complexity index is 1600. The Balaban J connectivity index is 1.61. The second-order valence-electron chi connectivity index (χ2n) is 9.81. The van der Waals surface area contributed by atoms with Crippen LogP contribution in [0.1, 0.15) is 36.4 Å². The van der Waals surface area contributed by atoms with Crippen LogP contribution >= 0.6 is 23.2 Å². The highest BCUT2D eigenvalue weighted by molar-refractivity contribution is 6.32. The zero-order valence-electron chi connectivity index (χ0n) is 21.6. The van der Waals surface area contributed by atoms with Gasteiger partial charge >= 0.3 is 0 Å². The van der Waals surface area contributed by atoms with Crippen molar-refractivity contribution in [2.45, 2.75) is 48.7 Å². The minimum Gasteiger partial charge on any atom is -0.349 e. The normalized spacial score (nSPS) is 21.7. The molecule has 42 heavy (non-hydrogen) atoms. The molecule has 5 rings (SSSR count). The molecule has 3 heterocycles. The highest BCUT2D eigenvalue weighted by Crippen LogP contribution is 2.43. The molecule has 0 radical (unpaired) electrons. The van der Waals surface area contributed by atoms with Crippen molar-refractivity contribution in [3.63, 3.8) is 0 Å². The van der Waals surface area contributed by atoms with Crippen LogP contribution in [0.3, 0.4) is 0 Å². The van der Waals surface area contributed by atoms with Crippen molar-refractivity contribution in [1.29, 1.82) is 5.26 Å². The van der Waals surface area contributed by atoms with E-state index in [1.165, 1.54) is 30.5 Å². The van der Waals surface area contributed by atoms with E-state index in [0.29, 0.717) is 0 Å². The molecule has 216 valence electrons. The van der Waals surface area contributed by atoms with Crippen molar-refractivity contribution in [1.82, 2.24) is 15.3 Å². The number of halogens is 5. The summed E-state index contributed by atoms with van der Waals surface area (Å²) in [5.41, 5.74) is 0.143. The van der Waals surface area contributed by atoms with Crippen LogP contribution in [-0.4, -0.2) is 51.1 Å². The largest absolute Gasteiger partial charge is 0.349 e. The van der Waals surface area contributed by atoms with Gasteiger partial charge in [0.2, 0.25) is 11.8 Å². The molecule has 3 unspecified atom stereocenters. The topological polar surface area (TPSA) is 119 Å². The van der Waals surface area contributed by atoms with E-state index in [1.807, 2.05) is 6.07 Å². The quantitative estimate of drug-likeness (QED) is 0.389. The second-order valence-corrected chi connectivity index (χ2v) is 10.7. The number of rotatable bonds is 7. The van der Waals surface area contributed by atoms with Gasteiger partial charge in [0.15, 0.2) is 0 Å². The number of nitrogens with one attached hydrogen (secondary N) is 1. The molecule has 2 aliphatic rings. The maximum absolute atomic E-state index is 14.5. The molecule has 1 saturated carbocycles. The Labute approximate surface area is 247 Å². The minimum atomic E-state index is -3.20. The first-order valence-corrected chi connectivity index (χ1v) is 13.5. The summed E-state index contributed by atoms with van der Waals surface area (Å²) in [6.45, 7) is 0. The lowest BCUT2D eigenvalue weighted by Gasteiger charge is -2.42. The average Bonchev–Trinajstić information content (AvgIpc) is 3.36. The molecule has 4 atom stereocenters. The maximum Gasteiger partial charge on any atom is 0.268 e. The summed E-state index contributed by atoms with van der Waals surface area (Å²) in [6.07, 6.45) is 2.59. The lowest BCUT2D eigenvalue weighted by molar-refractivity contribution is -0.132. The smallest absolute Gasteiger partial charge is 0.268 e. The summed E-state index contributed by atoms with van der Waals surface area (Å²) in [7, 11) is 0. The number of nitriles is 1. The molecule has 1 saturated heterocycles. The fourth-order valence-electron chi connectivity index (χ4n) is 5.04. The number of nitrogens with zero attached hydrogens (tertiary/aromatic N) is 5. The number of carbonyl (C=O) groups excluding carboxylic acids is 3. The van der Waals surface area contributed by atoms with Crippen LogP contribution in [0.25, 0.3) is 0 Å². The molecular weight excluding hydrogens is 596 g/mol. The van der Waals surface area contributed by atoms with E-state index in [9.17, 15) is 32.8 Å². The first-order valence-electron chi connectivity index (χ1n) is 12.7. The first-order chi connectivity index (χ1) is 20.0. The van der Waals surface area contributed by atoms with E-state index >= 15 is 0 Å². The molecular formula is C28H21Cl2F3N6O3. The molecule has 1 N–H and O–H groups in total. The van der Waals surface area contributed by atoms with Gasteiger partial charge in [0.05, 0.1) is 35.8 Å². The van der Waals surface area contributed by atoms with Crippen LogP contribution in [0, 0.1) is 17.1 Å². The lowest BCUT2D eigenvalue weighted by Crippen LogP contribution is -2.62. The first kappa shape index (κ1) is 29.3. The number of carbonyl (C=O) groups is 3. The predicted molar refractivity (Wildman–Crippen MR) is 146 cm³/mol. The zero-order valence-corrected chi connectivity index (χ0v) is 23.1. The Morgan fingerprint density at radius 1 is 1.21 bits per heavy atom. The van der Waals surface area contributed by atoms with E-state index in [0.717, 1.165) is 28.3 Å². The van der Waals surface area contributed by atoms with Gasteiger partial charge in [-0.2, -0.15) is 5.26 Å². The van der Waals surface area contributed by atoms with Crippen LogP contribution in [0.4, 0.5) is 24.7 Å². The van der Waals surface area contributed by atoms with Gasteiger partial charge in [-0.05, 0) is 24.6 Å². The van der Waals surface area contributed by atoms with Crippen LogP contribution in [0.2, 0.25) is 5.02 Å². The van der Waals surface area contributed by atoms with Gasteiger partial charge in [-0.1, -0.05) is 29.8 Å². The number of benzene rings is 1. The van der Waals surface area contributed by atoms with Crippen molar-refractivity contribution in [2.75, 3.05) is 9.80 Å². The van der Waals surface area contributed by atoms with Gasteiger partial charge < -0.3 is 5.32 Å². The maximum atomic E-state index is 14.5. The Kier molecular flexibility index (Phi) is 8.08. The van der Waals surface area contributed by atoms with E-state index < -0.39 is 59.4 Å². The van der Waals surface area contributed by atoms with E-state index in [-0.39, 0.29) is 40.5 Å². The highest BCUT2D eigenvalue weighted by Gasteiger charge is 2.56. The number of amides is 3. The van der Waals surface area contributed by atoms with Gasteiger partial charge in [-0.25, -0.2) is 18.2 Å².